The molecule has 1 aromatic heterocycles. The minimum Gasteiger partial charge on any atom is -0.495 e. The molecule has 5 nitrogen and oxygen atoms in total. The van der Waals surface area contributed by atoms with E-state index in [-0.39, 0.29) is 18.1 Å². The van der Waals surface area contributed by atoms with Crippen molar-refractivity contribution in [2.75, 3.05) is 19.5 Å². The second-order valence-corrected chi connectivity index (χ2v) is 6.85. The van der Waals surface area contributed by atoms with Crippen molar-refractivity contribution in [3.05, 3.63) is 58.2 Å². The van der Waals surface area contributed by atoms with Crippen LogP contribution in [0.15, 0.2) is 41.8 Å². The second-order valence-electron chi connectivity index (χ2n) is 5.58. The van der Waals surface area contributed by atoms with Gasteiger partial charge in [0.1, 0.15) is 5.75 Å². The highest BCUT2D eigenvalue weighted by Gasteiger charge is 2.12. The van der Waals surface area contributed by atoms with Crippen LogP contribution in [0.3, 0.4) is 0 Å². The first-order valence-corrected chi connectivity index (χ1v) is 9.17. The van der Waals surface area contributed by atoms with E-state index in [9.17, 15) is 9.18 Å². The Morgan fingerprint density at radius 1 is 1.19 bits per heavy atom. The van der Waals surface area contributed by atoms with Gasteiger partial charge in [0.25, 0.3) is 0 Å². The lowest BCUT2D eigenvalue weighted by atomic mass is 10.1. The number of benzene rings is 2. The molecule has 0 unspecified atom stereocenters. The first-order chi connectivity index (χ1) is 13.0. The Hall–Kier alpha value is -2.64. The summed E-state index contributed by atoms with van der Waals surface area (Å²) < 4.78 is 23.7. The highest BCUT2D eigenvalue weighted by molar-refractivity contribution is 7.14. The normalized spacial score (nSPS) is 10.5. The predicted octanol–water partition coefficient (Wildman–Crippen LogP) is 4.80. The van der Waals surface area contributed by atoms with Gasteiger partial charge in [-0.15, -0.1) is 11.3 Å². The highest BCUT2D eigenvalue weighted by Crippen LogP contribution is 2.31. The van der Waals surface area contributed by atoms with Crippen molar-refractivity contribution in [1.29, 1.82) is 0 Å². The average molecular weight is 407 g/mol. The molecule has 3 aromatic rings. The van der Waals surface area contributed by atoms with Crippen LogP contribution in [0.5, 0.6) is 11.5 Å². The van der Waals surface area contributed by atoms with Crippen molar-refractivity contribution in [3.63, 3.8) is 0 Å². The minimum absolute atomic E-state index is 0.0319. The molecule has 0 aliphatic carbocycles. The summed E-state index contributed by atoms with van der Waals surface area (Å²) in [5.41, 5.74) is 2.05. The topological polar surface area (TPSA) is 60.5 Å². The van der Waals surface area contributed by atoms with Crippen molar-refractivity contribution in [2.45, 2.75) is 6.42 Å². The number of thiazole rings is 1. The number of nitrogens with zero attached hydrogens (tertiary/aromatic N) is 1. The van der Waals surface area contributed by atoms with Gasteiger partial charge < -0.3 is 14.8 Å². The number of carbonyl (C=O) groups excluding carboxylic acids is 1. The van der Waals surface area contributed by atoms with Crippen LogP contribution in [0.25, 0.3) is 11.3 Å². The molecule has 0 radical (unpaired) electrons. The Labute approximate surface area is 164 Å². The van der Waals surface area contributed by atoms with Gasteiger partial charge in [-0.3, -0.25) is 4.79 Å². The summed E-state index contributed by atoms with van der Waals surface area (Å²) in [5, 5.41) is 5.48. The molecule has 0 aliphatic rings. The molecule has 140 valence electrons. The standard InChI is InChI=1S/C19H16ClFN2O3S/c1-25-16-6-4-12(9-13(16)20)15-10-27-19(22-15)23-18(24)8-11-3-5-17(26-2)14(21)7-11/h3-7,9-10H,8H2,1-2H3,(H,22,23,24). The van der Waals surface area contributed by atoms with Crippen LogP contribution in [0.2, 0.25) is 5.02 Å². The third-order valence-corrected chi connectivity index (χ3v) is 4.83. The fraction of sp³-hybridized carbons (Fsp3) is 0.158. The van der Waals surface area contributed by atoms with Crippen LogP contribution in [0.1, 0.15) is 5.56 Å². The molecule has 0 spiro atoms. The van der Waals surface area contributed by atoms with E-state index < -0.39 is 5.82 Å². The van der Waals surface area contributed by atoms with Gasteiger partial charge in [0.2, 0.25) is 5.91 Å². The molecule has 8 heteroatoms. The van der Waals surface area contributed by atoms with Gasteiger partial charge in [0, 0.05) is 10.9 Å². The molecule has 0 bridgehead atoms. The van der Waals surface area contributed by atoms with E-state index >= 15 is 0 Å². The maximum atomic E-state index is 13.7. The maximum Gasteiger partial charge on any atom is 0.230 e. The number of anilines is 1. The summed E-state index contributed by atoms with van der Waals surface area (Å²) >= 11 is 7.43. The van der Waals surface area contributed by atoms with Gasteiger partial charge >= 0.3 is 0 Å². The molecule has 3 rings (SSSR count). The molecule has 0 atom stereocenters. The maximum absolute atomic E-state index is 13.7. The number of nitrogens with one attached hydrogen (secondary N) is 1. The molecule has 1 heterocycles. The summed E-state index contributed by atoms with van der Waals surface area (Å²) in [6, 6.07) is 9.77. The van der Waals surface area contributed by atoms with Gasteiger partial charge in [-0.05, 0) is 35.9 Å². The Morgan fingerprint density at radius 2 is 1.93 bits per heavy atom. The van der Waals surface area contributed by atoms with E-state index in [4.69, 9.17) is 21.1 Å². The zero-order valence-corrected chi connectivity index (χ0v) is 16.2. The first-order valence-electron chi connectivity index (χ1n) is 7.92. The van der Waals surface area contributed by atoms with Crippen molar-refractivity contribution in [3.8, 4) is 22.8 Å². The summed E-state index contributed by atoms with van der Waals surface area (Å²) in [6.07, 6.45) is 0.0319. The summed E-state index contributed by atoms with van der Waals surface area (Å²) in [7, 11) is 2.94. The monoisotopic (exact) mass is 406 g/mol. The van der Waals surface area contributed by atoms with Gasteiger partial charge in [0.15, 0.2) is 16.7 Å². The molecule has 0 saturated heterocycles. The van der Waals surface area contributed by atoms with Crippen LogP contribution >= 0.6 is 22.9 Å². The smallest absolute Gasteiger partial charge is 0.230 e. The number of amides is 1. The Bertz CT molecular complexity index is 977. The van der Waals surface area contributed by atoms with Gasteiger partial charge in [-0.25, -0.2) is 9.37 Å². The second kappa shape index (κ2) is 8.37. The van der Waals surface area contributed by atoms with Crippen molar-refractivity contribution in [2.24, 2.45) is 0 Å². The number of aromatic nitrogens is 1. The SMILES string of the molecule is COc1ccc(CC(=O)Nc2nc(-c3ccc(OC)c(Cl)c3)cs2)cc1F. The minimum atomic E-state index is -0.504. The summed E-state index contributed by atoms with van der Waals surface area (Å²) in [6.45, 7) is 0. The molecule has 0 saturated carbocycles. The number of carbonyl (C=O) groups is 1. The molecule has 2 aromatic carbocycles. The molecule has 0 aliphatic heterocycles. The van der Waals surface area contributed by atoms with Crippen LogP contribution in [-0.4, -0.2) is 25.1 Å². The Balaban J connectivity index is 1.67. The van der Waals surface area contributed by atoms with Crippen LogP contribution < -0.4 is 14.8 Å². The average Bonchev–Trinajstić information content (AvgIpc) is 3.10. The number of ether oxygens (including phenoxy) is 2. The van der Waals surface area contributed by atoms with Gasteiger partial charge in [-0.2, -0.15) is 0 Å². The van der Waals surface area contributed by atoms with E-state index in [2.05, 4.69) is 10.3 Å². The van der Waals surface area contributed by atoms with Crippen LogP contribution in [-0.2, 0) is 11.2 Å². The third kappa shape index (κ3) is 4.56. The van der Waals surface area contributed by atoms with E-state index in [0.717, 1.165) is 5.56 Å². The molecule has 27 heavy (non-hydrogen) atoms. The highest BCUT2D eigenvalue weighted by atomic mass is 35.5. The summed E-state index contributed by atoms with van der Waals surface area (Å²) in [4.78, 5) is 16.6. The number of methoxy groups -OCH3 is 2. The number of hydrogen-bond donors (Lipinski definition) is 1. The molecular formula is C19H16ClFN2O3S. The quantitative estimate of drug-likeness (QED) is 0.638. The first kappa shape index (κ1) is 19.1. The van der Waals surface area contributed by atoms with E-state index in [1.54, 1.807) is 25.3 Å². The fourth-order valence-electron chi connectivity index (χ4n) is 2.46. The number of rotatable bonds is 6. The predicted molar refractivity (Wildman–Crippen MR) is 104 cm³/mol. The molecule has 1 amide bonds. The van der Waals surface area contributed by atoms with Crippen molar-refractivity contribution < 1.29 is 18.7 Å². The van der Waals surface area contributed by atoms with Gasteiger partial charge in [-0.1, -0.05) is 17.7 Å². The van der Waals surface area contributed by atoms with E-state index in [1.165, 1.54) is 30.6 Å². The van der Waals surface area contributed by atoms with Crippen molar-refractivity contribution in [1.82, 2.24) is 4.98 Å². The zero-order valence-electron chi connectivity index (χ0n) is 14.6. The lowest BCUT2D eigenvalue weighted by molar-refractivity contribution is -0.115. The molecule has 0 fully saturated rings. The van der Waals surface area contributed by atoms with Crippen LogP contribution in [0, 0.1) is 5.82 Å². The zero-order chi connectivity index (χ0) is 19.4. The molecular weight excluding hydrogens is 391 g/mol. The van der Waals surface area contributed by atoms with E-state index in [0.29, 0.717) is 27.2 Å². The summed E-state index contributed by atoms with van der Waals surface area (Å²) in [5.74, 6) is -0.0679. The fourth-order valence-corrected chi connectivity index (χ4v) is 3.45. The number of hydrogen-bond acceptors (Lipinski definition) is 5. The largest absolute Gasteiger partial charge is 0.495 e. The Morgan fingerprint density at radius 3 is 2.59 bits per heavy atom. The number of halogens is 2. The van der Waals surface area contributed by atoms with Crippen molar-refractivity contribution >= 4 is 34.0 Å². The third-order valence-electron chi connectivity index (χ3n) is 3.78. The van der Waals surface area contributed by atoms with Crippen LogP contribution in [0.4, 0.5) is 9.52 Å². The van der Waals surface area contributed by atoms with Gasteiger partial charge in [0.05, 0.1) is 31.4 Å². The molecule has 1 N–H and O–H groups in total. The Kier molecular flexibility index (Phi) is 5.93. The lowest BCUT2D eigenvalue weighted by Gasteiger charge is -2.05. The lowest BCUT2D eigenvalue weighted by Crippen LogP contribution is -2.14. The van der Waals surface area contributed by atoms with E-state index in [1.807, 2.05) is 11.4 Å².